The lowest BCUT2D eigenvalue weighted by molar-refractivity contribution is -0.140. The number of aromatic nitrogens is 1. The largest absolute Gasteiger partial charge is 0.507 e. The second-order valence-corrected chi connectivity index (χ2v) is 9.02. The second kappa shape index (κ2) is 10.1. The fraction of sp³-hybridized carbons (Fsp3) is 0.250. The van der Waals surface area contributed by atoms with Crippen molar-refractivity contribution in [2.75, 3.05) is 6.61 Å². The molecule has 1 saturated heterocycles. The van der Waals surface area contributed by atoms with Crippen molar-refractivity contribution < 1.29 is 23.8 Å². The Morgan fingerprint density at radius 3 is 2.51 bits per heavy atom. The summed E-state index contributed by atoms with van der Waals surface area (Å²) in [5.41, 5.74) is 2.39. The van der Waals surface area contributed by atoms with Gasteiger partial charge in [0.05, 0.1) is 18.2 Å². The molecule has 2 aromatic carbocycles. The maximum absolute atomic E-state index is 13.7. The Kier molecular flexibility index (Phi) is 6.96. The Hall–Kier alpha value is -4.00. The Bertz CT molecular complexity index is 1270. The molecule has 1 aromatic heterocycles. The van der Waals surface area contributed by atoms with Crippen LogP contribution in [0.2, 0.25) is 0 Å². The van der Waals surface area contributed by atoms with Crippen LogP contribution in [-0.2, 0) is 16.1 Å². The maximum atomic E-state index is 13.7. The van der Waals surface area contributed by atoms with Crippen LogP contribution < -0.4 is 4.74 Å². The number of rotatable bonds is 7. The van der Waals surface area contributed by atoms with Crippen LogP contribution in [0.4, 0.5) is 4.39 Å². The van der Waals surface area contributed by atoms with E-state index in [4.69, 9.17) is 4.74 Å². The Morgan fingerprint density at radius 2 is 1.89 bits per heavy atom. The summed E-state index contributed by atoms with van der Waals surface area (Å²) in [4.78, 5) is 31.7. The first kappa shape index (κ1) is 24.1. The van der Waals surface area contributed by atoms with E-state index >= 15 is 0 Å². The van der Waals surface area contributed by atoms with Gasteiger partial charge in [0.2, 0.25) is 0 Å². The molecule has 0 spiro atoms. The fourth-order valence-corrected chi connectivity index (χ4v) is 4.09. The number of hydrogen-bond acceptors (Lipinski definition) is 5. The van der Waals surface area contributed by atoms with Gasteiger partial charge in [-0.25, -0.2) is 4.39 Å². The summed E-state index contributed by atoms with van der Waals surface area (Å²) in [6, 6.07) is 13.4. The highest BCUT2D eigenvalue weighted by Crippen LogP contribution is 2.40. The molecule has 0 bridgehead atoms. The Balaban J connectivity index is 1.78. The predicted octanol–water partition coefficient (Wildman–Crippen LogP) is 5.19. The molecule has 1 aliphatic heterocycles. The third-order valence-corrected chi connectivity index (χ3v) is 5.82. The number of amides is 1. The SMILES string of the molecule is Cc1cc(C(O)=C2C(=O)C(=O)N(Cc3cccnc3)C2c2ccc(F)cc2)ccc1OCC(C)C. The third-order valence-electron chi connectivity index (χ3n) is 5.82. The summed E-state index contributed by atoms with van der Waals surface area (Å²) < 4.78 is 19.5. The van der Waals surface area contributed by atoms with Gasteiger partial charge in [0, 0.05) is 24.5 Å². The van der Waals surface area contributed by atoms with Crippen molar-refractivity contribution in [1.82, 2.24) is 9.88 Å². The zero-order valence-electron chi connectivity index (χ0n) is 19.9. The predicted molar refractivity (Wildman–Crippen MR) is 130 cm³/mol. The summed E-state index contributed by atoms with van der Waals surface area (Å²) in [6.45, 7) is 6.62. The number of ketones is 1. The van der Waals surface area contributed by atoms with Crippen LogP contribution in [0, 0.1) is 18.7 Å². The van der Waals surface area contributed by atoms with Crippen LogP contribution in [0.3, 0.4) is 0 Å². The lowest BCUT2D eigenvalue weighted by Gasteiger charge is -2.25. The zero-order valence-corrected chi connectivity index (χ0v) is 19.9. The van der Waals surface area contributed by atoms with Gasteiger partial charge < -0.3 is 14.7 Å². The maximum Gasteiger partial charge on any atom is 0.295 e. The number of aliphatic hydroxyl groups is 1. The van der Waals surface area contributed by atoms with Gasteiger partial charge in [-0.05, 0) is 65.9 Å². The van der Waals surface area contributed by atoms with Crippen molar-refractivity contribution in [2.45, 2.75) is 33.4 Å². The molecular weight excluding hydrogens is 447 g/mol. The van der Waals surface area contributed by atoms with Crippen molar-refractivity contribution in [3.05, 3.63) is 101 Å². The topological polar surface area (TPSA) is 79.7 Å². The van der Waals surface area contributed by atoms with Crippen molar-refractivity contribution in [1.29, 1.82) is 0 Å². The summed E-state index contributed by atoms with van der Waals surface area (Å²) in [5, 5.41) is 11.3. The van der Waals surface area contributed by atoms with Crippen molar-refractivity contribution in [3.63, 3.8) is 0 Å². The van der Waals surface area contributed by atoms with E-state index in [0.29, 0.717) is 29.4 Å². The monoisotopic (exact) mass is 474 g/mol. The summed E-state index contributed by atoms with van der Waals surface area (Å²) in [6.07, 6.45) is 3.23. The van der Waals surface area contributed by atoms with Crippen LogP contribution in [0.25, 0.3) is 5.76 Å². The van der Waals surface area contributed by atoms with E-state index in [1.54, 1.807) is 42.7 Å². The third kappa shape index (κ3) is 5.09. The minimum Gasteiger partial charge on any atom is -0.507 e. The molecule has 2 heterocycles. The van der Waals surface area contributed by atoms with E-state index in [-0.39, 0.29) is 17.9 Å². The number of halogens is 1. The van der Waals surface area contributed by atoms with E-state index in [1.165, 1.54) is 29.2 Å². The number of likely N-dealkylation sites (tertiary alicyclic amines) is 1. The first-order valence-electron chi connectivity index (χ1n) is 11.4. The number of carbonyl (C=O) groups excluding carboxylic acids is 2. The molecule has 1 N–H and O–H groups in total. The minimum absolute atomic E-state index is 0.0410. The Morgan fingerprint density at radius 1 is 1.14 bits per heavy atom. The van der Waals surface area contributed by atoms with Crippen molar-refractivity contribution in [2.24, 2.45) is 5.92 Å². The molecule has 7 heteroatoms. The van der Waals surface area contributed by atoms with Crippen LogP contribution >= 0.6 is 0 Å². The normalized spacial score (nSPS) is 17.3. The average molecular weight is 475 g/mol. The molecule has 1 fully saturated rings. The molecule has 180 valence electrons. The standard InChI is InChI=1S/C28H27FN2O4/c1-17(2)16-35-23-11-8-21(13-18(23)3)26(32)24-25(20-6-9-22(29)10-7-20)31(28(34)27(24)33)15-19-5-4-12-30-14-19/h4-14,17,25,32H,15-16H2,1-3H3. The van der Waals surface area contributed by atoms with Gasteiger partial charge >= 0.3 is 0 Å². The highest BCUT2D eigenvalue weighted by Gasteiger charge is 2.46. The molecule has 6 nitrogen and oxygen atoms in total. The first-order valence-corrected chi connectivity index (χ1v) is 11.4. The molecule has 0 aliphatic carbocycles. The summed E-state index contributed by atoms with van der Waals surface area (Å²) in [5.74, 6) is -1.22. The quantitative estimate of drug-likeness (QED) is 0.290. The molecule has 35 heavy (non-hydrogen) atoms. The van der Waals surface area contributed by atoms with Gasteiger partial charge in [-0.15, -0.1) is 0 Å². The molecule has 0 radical (unpaired) electrons. The van der Waals surface area contributed by atoms with Crippen LogP contribution in [-0.4, -0.2) is 33.3 Å². The smallest absolute Gasteiger partial charge is 0.295 e. The Labute approximate surface area is 203 Å². The zero-order chi connectivity index (χ0) is 25.1. The van der Waals surface area contributed by atoms with Crippen LogP contribution in [0.15, 0.2) is 72.6 Å². The number of pyridine rings is 1. The van der Waals surface area contributed by atoms with Crippen LogP contribution in [0.1, 0.15) is 42.1 Å². The van der Waals surface area contributed by atoms with E-state index in [0.717, 1.165) is 11.1 Å². The van der Waals surface area contributed by atoms with E-state index in [9.17, 15) is 19.1 Å². The first-order chi connectivity index (χ1) is 16.8. The number of carbonyl (C=O) groups is 2. The number of hydrogen-bond donors (Lipinski definition) is 1. The number of ether oxygens (including phenoxy) is 1. The molecule has 0 saturated carbocycles. The number of nitrogens with zero attached hydrogens (tertiary/aromatic N) is 2. The lowest BCUT2D eigenvalue weighted by atomic mass is 9.94. The average Bonchev–Trinajstić information content (AvgIpc) is 3.09. The summed E-state index contributed by atoms with van der Waals surface area (Å²) in [7, 11) is 0. The van der Waals surface area contributed by atoms with Crippen LogP contribution in [0.5, 0.6) is 5.75 Å². The molecule has 1 atom stereocenters. The summed E-state index contributed by atoms with van der Waals surface area (Å²) >= 11 is 0. The molecule has 1 amide bonds. The van der Waals surface area contributed by atoms with Crippen molar-refractivity contribution in [3.8, 4) is 5.75 Å². The highest BCUT2D eigenvalue weighted by atomic mass is 19.1. The minimum atomic E-state index is -0.882. The number of benzene rings is 2. The van der Waals surface area contributed by atoms with Gasteiger partial charge in [-0.2, -0.15) is 0 Å². The highest BCUT2D eigenvalue weighted by molar-refractivity contribution is 6.46. The van der Waals surface area contributed by atoms with E-state index in [1.807, 2.05) is 6.92 Å². The van der Waals surface area contributed by atoms with Gasteiger partial charge in [0.25, 0.3) is 11.7 Å². The van der Waals surface area contributed by atoms with Gasteiger partial charge in [-0.1, -0.05) is 32.0 Å². The van der Waals surface area contributed by atoms with E-state index in [2.05, 4.69) is 18.8 Å². The number of Topliss-reactive ketones (excluding diaryl/α,β-unsaturated/α-hetero) is 1. The van der Waals surface area contributed by atoms with Gasteiger partial charge in [0.1, 0.15) is 17.3 Å². The van der Waals surface area contributed by atoms with E-state index < -0.39 is 23.5 Å². The number of aryl methyl sites for hydroxylation is 1. The molecule has 1 aliphatic rings. The number of aliphatic hydroxyl groups excluding tert-OH is 1. The molecule has 3 aromatic rings. The fourth-order valence-electron chi connectivity index (χ4n) is 4.09. The molecule has 1 unspecified atom stereocenters. The van der Waals surface area contributed by atoms with Gasteiger partial charge in [0.15, 0.2) is 0 Å². The molecule has 4 rings (SSSR count). The van der Waals surface area contributed by atoms with Gasteiger partial charge in [-0.3, -0.25) is 14.6 Å². The molecular formula is C28H27FN2O4. The lowest BCUT2D eigenvalue weighted by Crippen LogP contribution is -2.29. The second-order valence-electron chi connectivity index (χ2n) is 9.02. The van der Waals surface area contributed by atoms with Crippen molar-refractivity contribution >= 4 is 17.4 Å².